The molecular weight excluding hydrogens is 178 g/mol. The molecule has 1 saturated carbocycles. The van der Waals surface area contributed by atoms with Crippen LogP contribution in [0.3, 0.4) is 0 Å². The monoisotopic (exact) mass is 193 g/mol. The molecule has 0 saturated heterocycles. The van der Waals surface area contributed by atoms with Crippen molar-refractivity contribution in [1.29, 1.82) is 0 Å². The minimum Gasteiger partial charge on any atom is -0.477 e. The first-order valence-corrected chi connectivity index (χ1v) is 5.17. The van der Waals surface area contributed by atoms with E-state index in [0.29, 0.717) is 5.69 Å². The zero-order valence-corrected chi connectivity index (χ0v) is 8.12. The normalized spacial score (nSPS) is 17.4. The topological polar surface area (TPSA) is 53.1 Å². The lowest BCUT2D eigenvalue weighted by atomic mass is 10.0. The fourth-order valence-electron chi connectivity index (χ4n) is 2.21. The minimum absolute atomic E-state index is 0.304. The summed E-state index contributed by atoms with van der Waals surface area (Å²) < 4.78 is 0. The Hall–Kier alpha value is -1.25. The Balaban J connectivity index is 1.98. The molecule has 0 unspecified atom stereocenters. The van der Waals surface area contributed by atoms with E-state index in [2.05, 4.69) is 4.98 Å². The summed E-state index contributed by atoms with van der Waals surface area (Å²) in [6.45, 7) is 0. The Labute approximate surface area is 83.1 Å². The van der Waals surface area contributed by atoms with E-state index in [4.69, 9.17) is 5.11 Å². The Morgan fingerprint density at radius 2 is 2.14 bits per heavy atom. The highest BCUT2D eigenvalue weighted by atomic mass is 16.4. The van der Waals surface area contributed by atoms with E-state index in [1.54, 1.807) is 6.07 Å². The third kappa shape index (κ3) is 1.97. The van der Waals surface area contributed by atoms with Gasteiger partial charge in [-0.3, -0.25) is 0 Å². The van der Waals surface area contributed by atoms with Gasteiger partial charge >= 0.3 is 5.97 Å². The summed E-state index contributed by atoms with van der Waals surface area (Å²) in [5.74, 6) is -0.113. The first-order valence-electron chi connectivity index (χ1n) is 5.17. The van der Waals surface area contributed by atoms with E-state index >= 15 is 0 Å². The number of aromatic amines is 1. The van der Waals surface area contributed by atoms with Gasteiger partial charge in [-0.25, -0.2) is 4.79 Å². The number of nitrogens with one attached hydrogen (secondary N) is 1. The van der Waals surface area contributed by atoms with Crippen LogP contribution in [-0.2, 0) is 6.42 Å². The number of carboxylic acid groups (broad SMARTS) is 1. The summed E-state index contributed by atoms with van der Waals surface area (Å²) in [5.41, 5.74) is 1.37. The lowest BCUT2D eigenvalue weighted by Gasteiger charge is -2.05. The molecule has 0 radical (unpaired) electrons. The maximum absolute atomic E-state index is 10.6. The Bertz CT molecular complexity index is 324. The molecule has 1 aliphatic rings. The molecule has 2 rings (SSSR count). The molecular formula is C11H15NO2. The molecule has 1 aliphatic carbocycles. The van der Waals surface area contributed by atoms with Crippen molar-refractivity contribution in [3.05, 3.63) is 23.5 Å². The zero-order chi connectivity index (χ0) is 9.97. The van der Waals surface area contributed by atoms with Crippen molar-refractivity contribution in [2.75, 3.05) is 0 Å². The molecule has 1 aromatic rings. The number of hydrogen-bond acceptors (Lipinski definition) is 1. The standard InChI is InChI=1S/C11H15NO2/c13-11(14)10-6-5-9(12-10)7-8-3-1-2-4-8/h5-6,8,12H,1-4,7H2,(H,13,14). The highest BCUT2D eigenvalue weighted by molar-refractivity contribution is 5.85. The van der Waals surface area contributed by atoms with Gasteiger partial charge in [-0.05, 0) is 24.5 Å². The maximum atomic E-state index is 10.6. The fourth-order valence-corrected chi connectivity index (χ4v) is 2.21. The van der Waals surface area contributed by atoms with E-state index in [0.717, 1.165) is 18.0 Å². The average molecular weight is 193 g/mol. The highest BCUT2D eigenvalue weighted by Gasteiger charge is 2.16. The van der Waals surface area contributed by atoms with Crippen LogP contribution >= 0.6 is 0 Å². The van der Waals surface area contributed by atoms with Crippen LogP contribution in [0.1, 0.15) is 41.9 Å². The minimum atomic E-state index is -0.873. The molecule has 1 heterocycles. The van der Waals surface area contributed by atoms with Gasteiger partial charge in [0.15, 0.2) is 0 Å². The van der Waals surface area contributed by atoms with Crippen LogP contribution in [0.4, 0.5) is 0 Å². The highest BCUT2D eigenvalue weighted by Crippen LogP contribution is 2.27. The predicted octanol–water partition coefficient (Wildman–Crippen LogP) is 2.45. The van der Waals surface area contributed by atoms with Gasteiger partial charge in [0.25, 0.3) is 0 Å². The van der Waals surface area contributed by atoms with Crippen LogP contribution in [-0.4, -0.2) is 16.1 Å². The van der Waals surface area contributed by atoms with Crippen LogP contribution in [0.5, 0.6) is 0 Å². The third-order valence-electron chi connectivity index (χ3n) is 2.96. The van der Waals surface area contributed by atoms with Crippen LogP contribution in [0.2, 0.25) is 0 Å². The Kier molecular flexibility index (Phi) is 2.57. The van der Waals surface area contributed by atoms with Crippen LogP contribution < -0.4 is 0 Å². The van der Waals surface area contributed by atoms with Crippen molar-refractivity contribution < 1.29 is 9.90 Å². The Morgan fingerprint density at radius 1 is 1.43 bits per heavy atom. The lowest BCUT2D eigenvalue weighted by Crippen LogP contribution is -2.01. The van der Waals surface area contributed by atoms with Crippen molar-refractivity contribution >= 4 is 5.97 Å². The summed E-state index contributed by atoms with van der Waals surface area (Å²) in [6.07, 6.45) is 6.25. The van der Waals surface area contributed by atoms with Crippen LogP contribution in [0.15, 0.2) is 12.1 Å². The van der Waals surface area contributed by atoms with Gasteiger partial charge in [-0.15, -0.1) is 0 Å². The summed E-state index contributed by atoms with van der Waals surface area (Å²) in [7, 11) is 0. The molecule has 1 fully saturated rings. The van der Waals surface area contributed by atoms with E-state index in [1.165, 1.54) is 25.7 Å². The molecule has 0 aliphatic heterocycles. The third-order valence-corrected chi connectivity index (χ3v) is 2.96. The first-order chi connectivity index (χ1) is 6.75. The van der Waals surface area contributed by atoms with Crippen molar-refractivity contribution in [2.24, 2.45) is 5.92 Å². The number of H-pyrrole nitrogens is 1. The molecule has 0 aromatic carbocycles. The molecule has 14 heavy (non-hydrogen) atoms. The second-order valence-corrected chi connectivity index (χ2v) is 4.06. The van der Waals surface area contributed by atoms with Gasteiger partial charge in [-0.2, -0.15) is 0 Å². The van der Waals surface area contributed by atoms with Crippen molar-refractivity contribution in [1.82, 2.24) is 4.98 Å². The second kappa shape index (κ2) is 3.86. The average Bonchev–Trinajstić information content (AvgIpc) is 2.75. The largest absolute Gasteiger partial charge is 0.477 e. The van der Waals surface area contributed by atoms with E-state index in [-0.39, 0.29) is 0 Å². The molecule has 0 amide bonds. The predicted molar refractivity (Wildman–Crippen MR) is 53.4 cm³/mol. The summed E-state index contributed by atoms with van der Waals surface area (Å²) in [5, 5.41) is 8.73. The van der Waals surface area contributed by atoms with Gasteiger partial charge in [0.05, 0.1) is 0 Å². The van der Waals surface area contributed by atoms with Crippen molar-refractivity contribution in [3.8, 4) is 0 Å². The van der Waals surface area contributed by atoms with Gasteiger partial charge in [0.1, 0.15) is 5.69 Å². The second-order valence-electron chi connectivity index (χ2n) is 4.06. The molecule has 0 bridgehead atoms. The van der Waals surface area contributed by atoms with Gasteiger partial charge < -0.3 is 10.1 Å². The number of rotatable bonds is 3. The molecule has 3 heteroatoms. The van der Waals surface area contributed by atoms with Crippen LogP contribution in [0, 0.1) is 5.92 Å². The fraction of sp³-hybridized carbons (Fsp3) is 0.545. The molecule has 0 spiro atoms. The van der Waals surface area contributed by atoms with Crippen molar-refractivity contribution in [3.63, 3.8) is 0 Å². The summed E-state index contributed by atoms with van der Waals surface area (Å²) in [6, 6.07) is 3.54. The quantitative estimate of drug-likeness (QED) is 0.774. The number of aromatic nitrogens is 1. The van der Waals surface area contributed by atoms with Gasteiger partial charge in [0.2, 0.25) is 0 Å². The SMILES string of the molecule is O=C(O)c1ccc(CC2CCCC2)[nH]1. The maximum Gasteiger partial charge on any atom is 0.352 e. The molecule has 3 nitrogen and oxygen atoms in total. The van der Waals surface area contributed by atoms with Crippen molar-refractivity contribution in [2.45, 2.75) is 32.1 Å². The summed E-state index contributed by atoms with van der Waals surface area (Å²) >= 11 is 0. The Morgan fingerprint density at radius 3 is 2.71 bits per heavy atom. The lowest BCUT2D eigenvalue weighted by molar-refractivity contribution is 0.0691. The smallest absolute Gasteiger partial charge is 0.352 e. The molecule has 76 valence electrons. The van der Waals surface area contributed by atoms with Gasteiger partial charge in [-0.1, -0.05) is 25.7 Å². The molecule has 0 atom stereocenters. The molecule has 1 aromatic heterocycles. The zero-order valence-electron chi connectivity index (χ0n) is 8.12. The number of hydrogen-bond donors (Lipinski definition) is 2. The van der Waals surface area contributed by atoms with Gasteiger partial charge in [0, 0.05) is 5.69 Å². The van der Waals surface area contributed by atoms with E-state index < -0.39 is 5.97 Å². The summed E-state index contributed by atoms with van der Waals surface area (Å²) in [4.78, 5) is 13.6. The first kappa shape index (κ1) is 9.31. The number of carboxylic acids is 1. The number of aromatic carboxylic acids is 1. The van der Waals surface area contributed by atoms with Crippen LogP contribution in [0.25, 0.3) is 0 Å². The number of carbonyl (C=O) groups is 1. The van der Waals surface area contributed by atoms with E-state index in [1.807, 2.05) is 6.07 Å². The molecule has 2 N–H and O–H groups in total. The van der Waals surface area contributed by atoms with E-state index in [9.17, 15) is 4.79 Å².